The average molecular weight is 402 g/mol. The van der Waals surface area contributed by atoms with Crippen molar-refractivity contribution in [2.24, 2.45) is 0 Å². The van der Waals surface area contributed by atoms with E-state index in [2.05, 4.69) is 9.97 Å². The van der Waals surface area contributed by atoms with Crippen LogP contribution in [0.4, 0.5) is 6.01 Å². The Bertz CT molecular complexity index is 1020. The number of aromatic nitrogens is 2. The topological polar surface area (TPSA) is 88.8 Å². The van der Waals surface area contributed by atoms with Gasteiger partial charge in [0, 0.05) is 32.4 Å². The smallest absolute Gasteiger partial charge is 0.299 e. The molecule has 1 aliphatic heterocycles. The summed E-state index contributed by atoms with van der Waals surface area (Å²) in [5.74, 6) is 0.660. The van der Waals surface area contributed by atoms with Crippen molar-refractivity contribution in [2.45, 2.75) is 18.2 Å². The normalized spacial score (nSPS) is 16.2. The first-order valence-electron chi connectivity index (χ1n) is 9.27. The lowest BCUT2D eigenvalue weighted by Crippen LogP contribution is -2.35. The quantitative estimate of drug-likeness (QED) is 0.648. The van der Waals surface area contributed by atoms with Crippen molar-refractivity contribution < 1.29 is 17.6 Å². The highest BCUT2D eigenvalue weighted by atomic mass is 32.2. The lowest BCUT2D eigenvalue weighted by Gasteiger charge is -2.21. The Hall–Kier alpha value is -2.65. The molecule has 1 fully saturated rings. The summed E-state index contributed by atoms with van der Waals surface area (Å²) in [6.45, 7) is 4.41. The molecule has 4 rings (SSSR count). The Labute approximate surface area is 163 Å². The Balaban J connectivity index is 1.49. The van der Waals surface area contributed by atoms with Crippen molar-refractivity contribution >= 4 is 27.3 Å². The number of rotatable bonds is 5. The maximum Gasteiger partial charge on any atom is 0.299 e. The molecule has 0 saturated carbocycles. The van der Waals surface area contributed by atoms with Gasteiger partial charge >= 0.3 is 0 Å². The third-order valence-electron chi connectivity index (χ3n) is 4.65. The number of sulfonamides is 1. The fourth-order valence-electron chi connectivity index (χ4n) is 3.24. The van der Waals surface area contributed by atoms with Crippen LogP contribution < -0.4 is 9.64 Å². The van der Waals surface area contributed by atoms with E-state index in [9.17, 15) is 8.42 Å². The third kappa shape index (κ3) is 3.67. The van der Waals surface area contributed by atoms with Gasteiger partial charge in [-0.15, -0.1) is 0 Å². The first kappa shape index (κ1) is 18.7. The van der Waals surface area contributed by atoms with E-state index >= 15 is 0 Å². The first-order chi connectivity index (χ1) is 13.6. The van der Waals surface area contributed by atoms with Crippen LogP contribution in [0.2, 0.25) is 0 Å². The van der Waals surface area contributed by atoms with Gasteiger partial charge in [-0.25, -0.2) is 13.4 Å². The molecule has 1 aliphatic rings. The zero-order valence-electron chi connectivity index (χ0n) is 15.6. The molecule has 0 amide bonds. The van der Waals surface area contributed by atoms with Gasteiger partial charge in [-0.3, -0.25) is 0 Å². The molecule has 1 saturated heterocycles. The van der Waals surface area contributed by atoms with Crippen molar-refractivity contribution in [3.05, 3.63) is 42.6 Å². The largest absolute Gasteiger partial charge is 0.494 e. The maximum atomic E-state index is 13.0. The highest BCUT2D eigenvalue weighted by molar-refractivity contribution is 7.89. The summed E-state index contributed by atoms with van der Waals surface area (Å²) >= 11 is 0. The fraction of sp³-hybridized carbons (Fsp3) is 0.368. The molecule has 0 bridgehead atoms. The highest BCUT2D eigenvalue weighted by Gasteiger charge is 2.28. The molecule has 0 aliphatic carbocycles. The molecule has 0 N–H and O–H groups in total. The van der Waals surface area contributed by atoms with Crippen LogP contribution in [0.3, 0.4) is 0 Å². The zero-order valence-corrected chi connectivity index (χ0v) is 16.4. The summed E-state index contributed by atoms with van der Waals surface area (Å²) in [4.78, 5) is 10.8. The molecular weight excluding hydrogens is 380 g/mol. The SMILES string of the molecule is CCOc1ccc(S(=O)(=O)N2CCCN(c3nc4ncccc4o3)CC2)cc1. The number of anilines is 1. The number of hydrogen-bond donors (Lipinski definition) is 0. The predicted octanol–water partition coefficient (Wildman–Crippen LogP) is 2.52. The summed E-state index contributed by atoms with van der Waals surface area (Å²) < 4.78 is 38.7. The first-order valence-corrected chi connectivity index (χ1v) is 10.7. The molecule has 28 heavy (non-hydrogen) atoms. The van der Waals surface area contributed by atoms with Crippen molar-refractivity contribution in [3.8, 4) is 5.75 Å². The fourth-order valence-corrected chi connectivity index (χ4v) is 4.71. The van der Waals surface area contributed by atoms with Crippen molar-refractivity contribution in [2.75, 3.05) is 37.7 Å². The van der Waals surface area contributed by atoms with Crippen LogP contribution in [-0.4, -0.2) is 55.5 Å². The van der Waals surface area contributed by atoms with Crippen molar-refractivity contribution in [1.82, 2.24) is 14.3 Å². The van der Waals surface area contributed by atoms with Gasteiger partial charge in [-0.05, 0) is 49.7 Å². The summed E-state index contributed by atoms with van der Waals surface area (Å²) in [5.41, 5.74) is 1.18. The van der Waals surface area contributed by atoms with Gasteiger partial charge in [-0.2, -0.15) is 9.29 Å². The molecule has 0 spiro atoms. The number of ether oxygens (including phenoxy) is 1. The Morgan fingerprint density at radius 3 is 2.68 bits per heavy atom. The second kappa shape index (κ2) is 7.76. The van der Waals surface area contributed by atoms with Crippen LogP contribution in [0.5, 0.6) is 5.75 Å². The predicted molar refractivity (Wildman–Crippen MR) is 105 cm³/mol. The van der Waals surface area contributed by atoms with Crippen LogP contribution in [0.1, 0.15) is 13.3 Å². The van der Waals surface area contributed by atoms with E-state index in [-0.39, 0.29) is 4.90 Å². The average Bonchev–Trinajstić information content (AvgIpc) is 2.97. The van der Waals surface area contributed by atoms with Crippen molar-refractivity contribution in [1.29, 1.82) is 0 Å². The van der Waals surface area contributed by atoms with Crippen LogP contribution in [0, 0.1) is 0 Å². The van der Waals surface area contributed by atoms with E-state index in [1.54, 1.807) is 36.5 Å². The molecule has 1 aromatic carbocycles. The Morgan fingerprint density at radius 2 is 1.93 bits per heavy atom. The van der Waals surface area contributed by atoms with E-state index in [0.29, 0.717) is 62.2 Å². The minimum absolute atomic E-state index is 0.274. The second-order valence-corrected chi connectivity index (χ2v) is 8.41. The van der Waals surface area contributed by atoms with E-state index in [1.165, 1.54) is 4.31 Å². The molecular formula is C19H22N4O4S. The lowest BCUT2D eigenvalue weighted by molar-refractivity contribution is 0.340. The maximum absolute atomic E-state index is 13.0. The van der Waals surface area contributed by atoms with Gasteiger partial charge in [0.25, 0.3) is 6.01 Å². The van der Waals surface area contributed by atoms with Gasteiger partial charge in [0.15, 0.2) is 5.58 Å². The minimum atomic E-state index is -3.56. The Kier molecular flexibility index (Phi) is 5.19. The summed E-state index contributed by atoms with van der Waals surface area (Å²) in [7, 11) is -3.56. The lowest BCUT2D eigenvalue weighted by atomic mass is 10.3. The number of nitrogens with zero attached hydrogens (tertiary/aromatic N) is 4. The molecule has 9 heteroatoms. The highest BCUT2D eigenvalue weighted by Crippen LogP contribution is 2.24. The monoisotopic (exact) mass is 402 g/mol. The van der Waals surface area contributed by atoms with E-state index in [1.807, 2.05) is 17.9 Å². The molecule has 8 nitrogen and oxygen atoms in total. The number of oxazole rings is 1. The van der Waals surface area contributed by atoms with Gasteiger partial charge in [0.1, 0.15) is 5.75 Å². The van der Waals surface area contributed by atoms with Crippen LogP contribution >= 0.6 is 0 Å². The molecule has 0 unspecified atom stereocenters. The molecule has 0 atom stereocenters. The number of pyridine rings is 1. The van der Waals surface area contributed by atoms with Crippen LogP contribution in [0.15, 0.2) is 51.9 Å². The summed E-state index contributed by atoms with van der Waals surface area (Å²) in [5, 5.41) is 0. The third-order valence-corrected chi connectivity index (χ3v) is 6.56. The summed E-state index contributed by atoms with van der Waals surface area (Å²) in [6.07, 6.45) is 2.35. The number of benzene rings is 1. The standard InChI is InChI=1S/C19H22N4O4S/c1-2-26-15-6-8-16(9-7-15)28(24,25)23-12-4-11-22(13-14-23)19-21-18-17(27-19)5-3-10-20-18/h3,5-10H,2,4,11-14H2,1H3. The van der Waals surface area contributed by atoms with Crippen LogP contribution in [0.25, 0.3) is 11.2 Å². The number of fused-ring (bicyclic) bond motifs is 1. The van der Waals surface area contributed by atoms with Gasteiger partial charge in [-0.1, -0.05) is 0 Å². The van der Waals surface area contributed by atoms with E-state index in [4.69, 9.17) is 9.15 Å². The second-order valence-electron chi connectivity index (χ2n) is 6.47. The molecule has 2 aromatic heterocycles. The van der Waals surface area contributed by atoms with Gasteiger partial charge in [0.2, 0.25) is 15.7 Å². The molecule has 3 aromatic rings. The van der Waals surface area contributed by atoms with Crippen molar-refractivity contribution in [3.63, 3.8) is 0 Å². The Morgan fingerprint density at radius 1 is 1.11 bits per heavy atom. The van der Waals surface area contributed by atoms with E-state index < -0.39 is 10.0 Å². The molecule has 0 radical (unpaired) electrons. The van der Waals surface area contributed by atoms with E-state index in [0.717, 1.165) is 0 Å². The van der Waals surface area contributed by atoms with Crippen LogP contribution in [-0.2, 0) is 10.0 Å². The van der Waals surface area contributed by atoms with Gasteiger partial charge < -0.3 is 14.1 Å². The minimum Gasteiger partial charge on any atom is -0.494 e. The van der Waals surface area contributed by atoms with Gasteiger partial charge in [0.05, 0.1) is 11.5 Å². The molecule has 3 heterocycles. The zero-order chi connectivity index (χ0) is 19.6. The number of hydrogen-bond acceptors (Lipinski definition) is 7. The summed E-state index contributed by atoms with van der Waals surface area (Å²) in [6, 6.07) is 10.7. The molecule has 148 valence electrons.